The van der Waals surface area contributed by atoms with E-state index in [0.29, 0.717) is 40.6 Å². The molecule has 0 aromatic heterocycles. The Bertz CT molecular complexity index is 2230. The SMILES string of the molecule is CC(C)(OC(=O)N1C2CC(c3ccc(CCCOc4c(F)ccc(F)c4F)cc3)=C(C(=O)N(Cc3ccccc3Cl)C3CC3)C1CN(C(=O)OCCOCCO[N+](=O)[O-])C2)C(Cl)(Cl)Cl. The maximum atomic E-state index is 15.3. The van der Waals surface area contributed by atoms with Crippen molar-refractivity contribution in [3.63, 3.8) is 0 Å². The highest BCUT2D eigenvalue weighted by molar-refractivity contribution is 6.68. The van der Waals surface area contributed by atoms with E-state index in [1.165, 1.54) is 23.6 Å². The molecule has 3 aliphatic rings. The van der Waals surface area contributed by atoms with Crippen molar-refractivity contribution in [2.24, 2.45) is 0 Å². The standard InChI is InChI=1S/C43H45Cl4F3N4O10/c1-42(2,43(45,46)47)64-41(57)53-30-22-31(27-11-9-26(10-12-27)6-5-17-61-38-34(49)16-15-33(48)37(38)50)36(39(55)52(29-13-14-29)23-28-7-3-4-8-32(28)44)35(53)25-51(24-30)40(56)62-20-18-60-19-21-63-54(58)59/h3-4,7-12,15-16,29-30,35H,5-6,13-14,17-25H2,1-2H3. The zero-order chi connectivity index (χ0) is 46.3. The smallest absolute Gasteiger partial charge is 0.411 e. The van der Waals surface area contributed by atoms with Crippen molar-refractivity contribution < 1.29 is 56.4 Å². The van der Waals surface area contributed by atoms with E-state index in [1.807, 2.05) is 36.4 Å². The summed E-state index contributed by atoms with van der Waals surface area (Å²) in [6.07, 6.45) is 0.655. The third-order valence-electron chi connectivity index (χ3n) is 11.0. The van der Waals surface area contributed by atoms with E-state index in [9.17, 15) is 32.9 Å². The lowest BCUT2D eigenvalue weighted by atomic mass is 9.81. The van der Waals surface area contributed by atoms with Crippen LogP contribution in [0.2, 0.25) is 5.02 Å². The summed E-state index contributed by atoms with van der Waals surface area (Å²) in [4.78, 5) is 62.5. The normalized spacial score (nSPS) is 17.5. The third kappa shape index (κ3) is 12.0. The second kappa shape index (κ2) is 21.1. The van der Waals surface area contributed by atoms with Gasteiger partial charge in [-0.25, -0.2) is 18.4 Å². The van der Waals surface area contributed by atoms with E-state index in [0.717, 1.165) is 24.5 Å². The molecule has 3 amide bonds. The molecular weight excluding hydrogens is 931 g/mol. The van der Waals surface area contributed by atoms with Crippen molar-refractivity contribution >= 4 is 70.1 Å². The highest BCUT2D eigenvalue weighted by Gasteiger charge is 2.52. The van der Waals surface area contributed by atoms with Crippen LogP contribution >= 0.6 is 46.4 Å². The second-order valence-corrected chi connectivity index (χ2v) is 18.5. The molecule has 3 aromatic carbocycles. The number of carbonyl (C=O) groups excluding carboxylic acids is 3. The number of ether oxygens (including phenoxy) is 4. The van der Waals surface area contributed by atoms with Gasteiger partial charge in [0.15, 0.2) is 23.0 Å². The number of nitrogens with zero attached hydrogens (tertiary/aromatic N) is 4. The molecule has 3 aromatic rings. The second-order valence-electron chi connectivity index (χ2n) is 15.8. The van der Waals surface area contributed by atoms with Crippen molar-refractivity contribution in [1.82, 2.24) is 14.7 Å². The lowest BCUT2D eigenvalue weighted by molar-refractivity contribution is -0.758. The van der Waals surface area contributed by atoms with Gasteiger partial charge in [0.1, 0.15) is 13.2 Å². The third-order valence-corrected chi connectivity index (χ3v) is 12.7. The first-order valence-electron chi connectivity index (χ1n) is 20.3. The Morgan fingerprint density at radius 1 is 0.891 bits per heavy atom. The molecule has 1 saturated heterocycles. The van der Waals surface area contributed by atoms with Gasteiger partial charge in [0.25, 0.3) is 11.0 Å². The van der Waals surface area contributed by atoms with Crippen LogP contribution in [0.5, 0.6) is 5.75 Å². The van der Waals surface area contributed by atoms with E-state index in [2.05, 4.69) is 4.84 Å². The Kier molecular flexibility index (Phi) is 16.1. The molecule has 346 valence electrons. The van der Waals surface area contributed by atoms with Crippen LogP contribution in [0.3, 0.4) is 0 Å². The zero-order valence-electron chi connectivity index (χ0n) is 34.7. The molecule has 21 heteroatoms. The van der Waals surface area contributed by atoms with Crippen LogP contribution in [0.1, 0.15) is 56.2 Å². The Labute approximate surface area is 387 Å². The number of carbonyl (C=O) groups is 3. The summed E-state index contributed by atoms with van der Waals surface area (Å²) in [5.41, 5.74) is 1.42. The highest BCUT2D eigenvalue weighted by atomic mass is 35.6. The summed E-state index contributed by atoms with van der Waals surface area (Å²) in [6.45, 7) is 1.97. The van der Waals surface area contributed by atoms with Crippen LogP contribution in [0.15, 0.2) is 66.2 Å². The van der Waals surface area contributed by atoms with E-state index < -0.39 is 67.9 Å². The fourth-order valence-corrected chi connectivity index (χ4v) is 7.75. The number of fused-ring (bicyclic) bond motifs is 2. The monoisotopic (exact) mass is 974 g/mol. The van der Waals surface area contributed by atoms with Gasteiger partial charge in [-0.1, -0.05) is 88.9 Å². The number of piperazine rings is 1. The van der Waals surface area contributed by atoms with Gasteiger partial charge in [0.05, 0.1) is 31.9 Å². The summed E-state index contributed by atoms with van der Waals surface area (Å²) >= 11 is 25.3. The van der Waals surface area contributed by atoms with Crippen LogP contribution in [-0.2, 0) is 36.8 Å². The predicted octanol–water partition coefficient (Wildman–Crippen LogP) is 9.12. The molecule has 0 N–H and O–H groups in total. The van der Waals surface area contributed by atoms with E-state index >= 15 is 4.79 Å². The van der Waals surface area contributed by atoms with E-state index in [-0.39, 0.29) is 70.7 Å². The molecule has 1 aliphatic carbocycles. The van der Waals surface area contributed by atoms with Crippen LogP contribution in [-0.4, -0.2) is 112 Å². The van der Waals surface area contributed by atoms with Gasteiger partial charge >= 0.3 is 12.2 Å². The molecule has 2 aliphatic heterocycles. The average Bonchev–Trinajstić information content (AvgIpc) is 4.08. The zero-order valence-corrected chi connectivity index (χ0v) is 37.7. The van der Waals surface area contributed by atoms with Crippen molar-refractivity contribution in [2.45, 2.75) is 80.0 Å². The van der Waals surface area contributed by atoms with Crippen molar-refractivity contribution in [2.75, 3.05) is 46.1 Å². The number of amides is 3. The number of benzene rings is 3. The molecule has 1 saturated carbocycles. The molecule has 64 heavy (non-hydrogen) atoms. The number of rotatable bonds is 18. The van der Waals surface area contributed by atoms with Gasteiger partial charge in [0, 0.05) is 36.3 Å². The summed E-state index contributed by atoms with van der Waals surface area (Å²) < 4.78 is 61.7. The summed E-state index contributed by atoms with van der Waals surface area (Å²) in [5.74, 6) is -4.82. The van der Waals surface area contributed by atoms with Gasteiger partial charge < -0.3 is 33.6 Å². The first-order valence-corrected chi connectivity index (χ1v) is 21.8. The van der Waals surface area contributed by atoms with Crippen LogP contribution in [0, 0.1) is 27.6 Å². The number of hydrogen-bond acceptors (Lipinski definition) is 10. The van der Waals surface area contributed by atoms with E-state index in [1.54, 1.807) is 17.0 Å². The summed E-state index contributed by atoms with van der Waals surface area (Å²) in [6, 6.07) is 14.0. The Morgan fingerprint density at radius 3 is 2.25 bits per heavy atom. The number of hydrogen-bond donors (Lipinski definition) is 0. The van der Waals surface area contributed by atoms with Crippen molar-refractivity contribution in [1.29, 1.82) is 0 Å². The Balaban J connectivity index is 1.32. The first-order chi connectivity index (χ1) is 30.4. The summed E-state index contributed by atoms with van der Waals surface area (Å²) in [7, 11) is 0. The Morgan fingerprint density at radius 2 is 1.58 bits per heavy atom. The molecule has 2 bridgehead atoms. The van der Waals surface area contributed by atoms with Crippen LogP contribution in [0.4, 0.5) is 22.8 Å². The molecule has 2 atom stereocenters. The van der Waals surface area contributed by atoms with Crippen molar-refractivity contribution in [3.8, 4) is 5.75 Å². The molecular formula is C43H45Cl4F3N4O10. The lowest BCUT2D eigenvalue weighted by Crippen LogP contribution is -2.66. The number of alkyl halides is 3. The number of halogens is 7. The van der Waals surface area contributed by atoms with Gasteiger partial charge in [-0.15, -0.1) is 10.1 Å². The van der Waals surface area contributed by atoms with Gasteiger partial charge in [0.2, 0.25) is 9.61 Å². The minimum atomic E-state index is -2.04. The van der Waals surface area contributed by atoms with Gasteiger partial charge in [-0.3, -0.25) is 9.69 Å². The van der Waals surface area contributed by atoms with Gasteiger partial charge in [-0.05, 0) is 86.4 Å². The molecule has 2 unspecified atom stereocenters. The summed E-state index contributed by atoms with van der Waals surface area (Å²) in [5, 5.41) is 9.92. The maximum absolute atomic E-state index is 15.3. The number of aryl methyl sites for hydroxylation is 1. The lowest BCUT2D eigenvalue weighted by Gasteiger charge is -2.51. The molecule has 0 spiro atoms. The van der Waals surface area contributed by atoms with Gasteiger partial charge in [-0.2, -0.15) is 4.39 Å². The fraction of sp³-hybridized carbons (Fsp3) is 0.465. The molecule has 14 nitrogen and oxygen atoms in total. The highest BCUT2D eigenvalue weighted by Crippen LogP contribution is 2.45. The average molecular weight is 977 g/mol. The fourth-order valence-electron chi connectivity index (χ4n) is 7.44. The Hall–Kier alpha value is -4.68. The topological polar surface area (TPSA) is 150 Å². The molecule has 0 radical (unpaired) electrons. The largest absolute Gasteiger partial charge is 0.488 e. The molecule has 6 rings (SSSR count). The first kappa shape index (κ1) is 48.8. The minimum absolute atomic E-state index is 0.0440. The van der Waals surface area contributed by atoms with Crippen LogP contribution < -0.4 is 4.74 Å². The van der Waals surface area contributed by atoms with E-state index in [4.69, 9.17) is 65.4 Å². The van der Waals surface area contributed by atoms with Crippen LogP contribution in [0.25, 0.3) is 5.57 Å². The quantitative estimate of drug-likeness (QED) is 0.0397. The van der Waals surface area contributed by atoms with Crippen molar-refractivity contribution in [3.05, 3.63) is 116 Å². The predicted molar refractivity (Wildman–Crippen MR) is 230 cm³/mol. The minimum Gasteiger partial charge on any atom is -0.488 e. The maximum Gasteiger partial charge on any atom is 0.411 e. The molecule has 2 heterocycles. The molecule has 2 fully saturated rings.